The molecule has 1 unspecified atom stereocenters. The lowest BCUT2D eigenvalue weighted by Gasteiger charge is -2.08. The highest BCUT2D eigenvalue weighted by Gasteiger charge is 2.19. The van der Waals surface area contributed by atoms with Crippen LogP contribution < -0.4 is 0 Å². The molecule has 0 aliphatic heterocycles. The summed E-state index contributed by atoms with van der Waals surface area (Å²) < 4.78 is 18.5. The monoisotopic (exact) mass is 357 g/mol. The maximum Gasteiger partial charge on any atom is 0.258 e. The minimum absolute atomic E-state index is 0.280. The zero-order valence-corrected chi connectivity index (χ0v) is 14.4. The maximum atomic E-state index is 13.1. The molecule has 0 radical (unpaired) electrons. The van der Waals surface area contributed by atoms with Crippen molar-refractivity contribution in [2.45, 2.75) is 6.04 Å². The molecule has 3 aromatic carbocycles. The first-order chi connectivity index (χ1) is 13.3. The van der Waals surface area contributed by atoms with E-state index in [-0.39, 0.29) is 5.82 Å². The Hall–Kier alpha value is -3.60. The Kier molecular flexibility index (Phi) is 4.83. The highest BCUT2D eigenvalue weighted by molar-refractivity contribution is 5.79. The van der Waals surface area contributed by atoms with Crippen molar-refractivity contribution in [3.05, 3.63) is 108 Å². The Balaban J connectivity index is 1.68. The maximum absolute atomic E-state index is 13.1. The molecular formula is C22H16FN3O. The van der Waals surface area contributed by atoms with Crippen LogP contribution in [0.1, 0.15) is 23.0 Å². The Morgan fingerprint density at radius 2 is 1.52 bits per heavy atom. The minimum Gasteiger partial charge on any atom is -0.334 e. The lowest BCUT2D eigenvalue weighted by molar-refractivity contribution is 0.420. The van der Waals surface area contributed by atoms with Gasteiger partial charge in [0.15, 0.2) is 0 Å². The second-order valence-corrected chi connectivity index (χ2v) is 5.97. The fourth-order valence-electron chi connectivity index (χ4n) is 2.69. The molecule has 0 aliphatic carbocycles. The van der Waals surface area contributed by atoms with Crippen LogP contribution in [0.4, 0.5) is 4.39 Å². The topological polar surface area (TPSA) is 51.3 Å². The number of hydrogen-bond donors (Lipinski definition) is 0. The van der Waals surface area contributed by atoms with Gasteiger partial charge < -0.3 is 4.52 Å². The highest BCUT2D eigenvalue weighted by Crippen LogP contribution is 2.26. The first kappa shape index (κ1) is 16.8. The lowest BCUT2D eigenvalue weighted by atomic mass is 10.1. The second kappa shape index (κ2) is 7.74. The van der Waals surface area contributed by atoms with Gasteiger partial charge in [-0.1, -0.05) is 65.8 Å². The molecule has 0 N–H and O–H groups in total. The molecule has 0 spiro atoms. The van der Waals surface area contributed by atoms with E-state index in [1.165, 1.54) is 12.1 Å². The van der Waals surface area contributed by atoms with Gasteiger partial charge in [0, 0.05) is 11.8 Å². The van der Waals surface area contributed by atoms with E-state index in [2.05, 4.69) is 15.1 Å². The van der Waals surface area contributed by atoms with Gasteiger partial charge in [0.25, 0.3) is 5.89 Å². The van der Waals surface area contributed by atoms with Gasteiger partial charge in [0.05, 0.1) is 0 Å². The van der Waals surface area contributed by atoms with Crippen molar-refractivity contribution in [3.8, 4) is 11.5 Å². The van der Waals surface area contributed by atoms with Gasteiger partial charge in [-0.15, -0.1) is 0 Å². The van der Waals surface area contributed by atoms with E-state index in [4.69, 9.17) is 4.52 Å². The first-order valence-electron chi connectivity index (χ1n) is 8.52. The zero-order chi connectivity index (χ0) is 18.5. The van der Waals surface area contributed by atoms with Crippen molar-refractivity contribution in [3.63, 3.8) is 0 Å². The number of halogens is 1. The first-order valence-corrected chi connectivity index (χ1v) is 8.52. The van der Waals surface area contributed by atoms with Crippen LogP contribution in [0.15, 0.2) is 94.4 Å². The molecule has 1 heterocycles. The number of rotatable bonds is 5. The minimum atomic E-state index is -0.419. The summed E-state index contributed by atoms with van der Waals surface area (Å²) in [6.07, 6.45) is 1.69. The van der Waals surface area contributed by atoms with E-state index in [1.54, 1.807) is 18.3 Å². The summed E-state index contributed by atoms with van der Waals surface area (Å²) in [5.41, 5.74) is 2.59. The van der Waals surface area contributed by atoms with Crippen LogP contribution in [0.25, 0.3) is 11.5 Å². The van der Waals surface area contributed by atoms with E-state index in [0.29, 0.717) is 11.7 Å². The molecule has 4 rings (SSSR count). The molecule has 0 saturated heterocycles. The Bertz CT molecular complexity index is 1030. The SMILES string of the molecule is Fc1ccc(C=NC(c2ccccc2)c2noc(-c3ccccc3)n2)cc1. The zero-order valence-electron chi connectivity index (χ0n) is 14.4. The largest absolute Gasteiger partial charge is 0.334 e. The summed E-state index contributed by atoms with van der Waals surface area (Å²) in [5.74, 6) is 0.638. The third kappa shape index (κ3) is 3.98. The van der Waals surface area contributed by atoms with Crippen LogP contribution in [-0.2, 0) is 0 Å². The fraction of sp³-hybridized carbons (Fsp3) is 0.0455. The van der Waals surface area contributed by atoms with Crippen molar-refractivity contribution in [1.82, 2.24) is 10.1 Å². The van der Waals surface area contributed by atoms with E-state index in [0.717, 1.165) is 16.7 Å². The van der Waals surface area contributed by atoms with Crippen LogP contribution in [-0.4, -0.2) is 16.4 Å². The average molecular weight is 357 g/mol. The molecular weight excluding hydrogens is 341 g/mol. The fourth-order valence-corrected chi connectivity index (χ4v) is 2.69. The number of nitrogens with zero attached hydrogens (tertiary/aromatic N) is 3. The van der Waals surface area contributed by atoms with Crippen LogP contribution in [0, 0.1) is 5.82 Å². The van der Waals surface area contributed by atoms with Gasteiger partial charge in [-0.3, -0.25) is 4.99 Å². The molecule has 4 aromatic rings. The normalized spacial score (nSPS) is 12.3. The smallest absolute Gasteiger partial charge is 0.258 e. The van der Waals surface area contributed by atoms with Crippen molar-refractivity contribution < 1.29 is 8.91 Å². The van der Waals surface area contributed by atoms with Gasteiger partial charge in [0.1, 0.15) is 11.9 Å². The van der Waals surface area contributed by atoms with E-state index >= 15 is 0 Å². The highest BCUT2D eigenvalue weighted by atomic mass is 19.1. The predicted molar refractivity (Wildman–Crippen MR) is 102 cm³/mol. The third-order valence-corrected chi connectivity index (χ3v) is 4.07. The number of benzene rings is 3. The number of aromatic nitrogens is 2. The van der Waals surface area contributed by atoms with Gasteiger partial charge in [-0.05, 0) is 35.4 Å². The van der Waals surface area contributed by atoms with Crippen LogP contribution in [0.2, 0.25) is 0 Å². The summed E-state index contributed by atoms with van der Waals surface area (Å²) in [6.45, 7) is 0. The van der Waals surface area contributed by atoms with Gasteiger partial charge in [-0.2, -0.15) is 4.98 Å². The molecule has 1 aromatic heterocycles. The standard InChI is InChI=1S/C22H16FN3O/c23-19-13-11-16(12-14-19)15-24-20(17-7-3-1-4-8-17)21-25-22(27-26-21)18-9-5-2-6-10-18/h1-15,20H. The molecule has 0 aliphatic rings. The Labute approximate surface area is 156 Å². The van der Waals surface area contributed by atoms with Crippen LogP contribution in [0.5, 0.6) is 0 Å². The van der Waals surface area contributed by atoms with Crippen molar-refractivity contribution >= 4 is 6.21 Å². The van der Waals surface area contributed by atoms with E-state index in [1.807, 2.05) is 60.7 Å². The van der Waals surface area contributed by atoms with Crippen LogP contribution in [0.3, 0.4) is 0 Å². The van der Waals surface area contributed by atoms with E-state index in [9.17, 15) is 4.39 Å². The summed E-state index contributed by atoms with van der Waals surface area (Å²) in [4.78, 5) is 9.17. The number of aliphatic imine (C=N–C) groups is 1. The quantitative estimate of drug-likeness (QED) is 0.468. The van der Waals surface area contributed by atoms with Gasteiger partial charge >= 0.3 is 0 Å². The summed E-state index contributed by atoms with van der Waals surface area (Å²) in [7, 11) is 0. The summed E-state index contributed by atoms with van der Waals surface area (Å²) in [6, 6.07) is 25.1. The van der Waals surface area contributed by atoms with Crippen LogP contribution >= 0.6 is 0 Å². The van der Waals surface area contributed by atoms with Gasteiger partial charge in [0.2, 0.25) is 5.82 Å². The van der Waals surface area contributed by atoms with Gasteiger partial charge in [-0.25, -0.2) is 4.39 Å². The summed E-state index contributed by atoms with van der Waals surface area (Å²) in [5, 5.41) is 4.14. The summed E-state index contributed by atoms with van der Waals surface area (Å²) >= 11 is 0. The molecule has 0 amide bonds. The van der Waals surface area contributed by atoms with Crippen molar-refractivity contribution in [1.29, 1.82) is 0 Å². The molecule has 0 saturated carbocycles. The molecule has 1 atom stereocenters. The lowest BCUT2D eigenvalue weighted by Crippen LogP contribution is -2.01. The second-order valence-electron chi connectivity index (χ2n) is 5.97. The number of hydrogen-bond acceptors (Lipinski definition) is 4. The van der Waals surface area contributed by atoms with Crippen molar-refractivity contribution in [2.75, 3.05) is 0 Å². The average Bonchev–Trinajstić information content (AvgIpc) is 3.21. The Morgan fingerprint density at radius 3 is 2.22 bits per heavy atom. The van der Waals surface area contributed by atoms with E-state index < -0.39 is 6.04 Å². The molecule has 0 bridgehead atoms. The molecule has 5 heteroatoms. The Morgan fingerprint density at radius 1 is 0.852 bits per heavy atom. The molecule has 132 valence electrons. The third-order valence-electron chi connectivity index (χ3n) is 4.07. The molecule has 0 fully saturated rings. The predicted octanol–water partition coefficient (Wildman–Crippen LogP) is 5.08. The van der Waals surface area contributed by atoms with Crippen molar-refractivity contribution in [2.24, 2.45) is 4.99 Å². The molecule has 27 heavy (non-hydrogen) atoms. The molecule has 4 nitrogen and oxygen atoms in total.